The number of pyridine rings is 1. The van der Waals surface area contributed by atoms with Gasteiger partial charge < -0.3 is 11.1 Å². The molecule has 1 heterocycles. The van der Waals surface area contributed by atoms with Gasteiger partial charge in [0.1, 0.15) is 5.82 Å². The minimum absolute atomic E-state index is 0.522. The van der Waals surface area contributed by atoms with Crippen molar-refractivity contribution < 1.29 is 0 Å². The smallest absolute Gasteiger partial charge is 0.126 e. The molecule has 3 heteroatoms. The van der Waals surface area contributed by atoms with Gasteiger partial charge in [-0.1, -0.05) is 0 Å². The van der Waals surface area contributed by atoms with Crippen LogP contribution in [0.1, 0.15) is 24.5 Å². The van der Waals surface area contributed by atoms with Crippen LogP contribution in [0.25, 0.3) is 0 Å². The summed E-state index contributed by atoms with van der Waals surface area (Å²) in [6, 6.07) is 2.53. The van der Waals surface area contributed by atoms with Crippen LogP contribution in [-0.2, 0) is 6.42 Å². The summed E-state index contributed by atoms with van der Waals surface area (Å²) in [6.07, 6.45) is 3.84. The van der Waals surface area contributed by atoms with Crippen LogP contribution in [0, 0.1) is 6.92 Å². The lowest BCUT2D eigenvalue weighted by molar-refractivity contribution is 0.564. The number of rotatable bonds is 4. The molecule has 1 aromatic rings. The van der Waals surface area contributed by atoms with Crippen molar-refractivity contribution in [3.63, 3.8) is 0 Å². The van der Waals surface area contributed by atoms with Crippen molar-refractivity contribution in [2.24, 2.45) is 0 Å². The van der Waals surface area contributed by atoms with Crippen LogP contribution >= 0.6 is 0 Å². The van der Waals surface area contributed by atoms with Crippen molar-refractivity contribution in [1.82, 2.24) is 10.3 Å². The molecule has 0 aliphatic heterocycles. The van der Waals surface area contributed by atoms with Gasteiger partial charge in [0.2, 0.25) is 0 Å². The highest BCUT2D eigenvalue weighted by Crippen LogP contribution is 2.15. The van der Waals surface area contributed by atoms with E-state index in [-0.39, 0.29) is 0 Å². The molecule has 0 spiro atoms. The van der Waals surface area contributed by atoms with E-state index in [9.17, 15) is 0 Å². The number of nitrogens with one attached hydrogen (secondary N) is 1. The second-order valence-corrected chi connectivity index (χ2v) is 3.72. The first-order chi connectivity index (χ1) is 6.65. The molecule has 0 saturated carbocycles. The van der Waals surface area contributed by atoms with Gasteiger partial charge in [-0.05, 0) is 50.9 Å². The molecule has 0 radical (unpaired) electrons. The molecule has 0 fully saturated rings. The monoisotopic (exact) mass is 193 g/mol. The van der Waals surface area contributed by atoms with E-state index in [1.54, 1.807) is 6.20 Å². The summed E-state index contributed by atoms with van der Waals surface area (Å²) in [6.45, 7) is 4.25. The normalized spacial score (nSPS) is 12.8. The summed E-state index contributed by atoms with van der Waals surface area (Å²) in [7, 11) is 1.98. The quantitative estimate of drug-likeness (QED) is 0.762. The Morgan fingerprint density at radius 3 is 2.86 bits per heavy atom. The molecule has 1 aromatic heterocycles. The van der Waals surface area contributed by atoms with Crippen LogP contribution < -0.4 is 11.1 Å². The Morgan fingerprint density at radius 2 is 2.29 bits per heavy atom. The Hall–Kier alpha value is -1.09. The number of nitrogens with zero attached hydrogens (tertiary/aromatic N) is 1. The summed E-state index contributed by atoms with van der Waals surface area (Å²) in [5.74, 6) is 0.674. The number of anilines is 1. The Morgan fingerprint density at radius 1 is 1.57 bits per heavy atom. The molecule has 14 heavy (non-hydrogen) atoms. The average molecular weight is 193 g/mol. The summed E-state index contributed by atoms with van der Waals surface area (Å²) < 4.78 is 0. The van der Waals surface area contributed by atoms with Crippen LogP contribution in [0.4, 0.5) is 5.82 Å². The zero-order valence-electron chi connectivity index (χ0n) is 9.17. The Kier molecular flexibility index (Phi) is 3.89. The summed E-state index contributed by atoms with van der Waals surface area (Å²) in [4.78, 5) is 4.10. The minimum Gasteiger partial charge on any atom is -0.383 e. The highest BCUT2D eigenvalue weighted by Gasteiger charge is 2.05. The molecule has 3 nitrogen and oxygen atoms in total. The average Bonchev–Trinajstić information content (AvgIpc) is 2.16. The fourth-order valence-corrected chi connectivity index (χ4v) is 1.44. The molecule has 1 atom stereocenters. The predicted octanol–water partition coefficient (Wildman–Crippen LogP) is 1.51. The van der Waals surface area contributed by atoms with Gasteiger partial charge in [-0.2, -0.15) is 0 Å². The summed E-state index contributed by atoms with van der Waals surface area (Å²) in [5.41, 5.74) is 8.24. The number of nitrogens with two attached hydrogens (primary N) is 1. The third kappa shape index (κ3) is 2.70. The van der Waals surface area contributed by atoms with Crippen LogP contribution in [0.5, 0.6) is 0 Å². The fraction of sp³-hybridized carbons (Fsp3) is 0.545. The van der Waals surface area contributed by atoms with E-state index in [1.807, 2.05) is 13.1 Å². The molecule has 0 amide bonds. The summed E-state index contributed by atoms with van der Waals surface area (Å²) in [5, 5.41) is 3.21. The fourth-order valence-electron chi connectivity index (χ4n) is 1.44. The molecule has 3 N–H and O–H groups in total. The topological polar surface area (TPSA) is 50.9 Å². The molecule has 0 aromatic carbocycles. The molecule has 0 saturated heterocycles. The number of nitrogen functional groups attached to an aromatic ring is 1. The maximum atomic E-state index is 5.82. The van der Waals surface area contributed by atoms with Crippen LogP contribution in [0.2, 0.25) is 0 Å². The molecule has 1 unspecified atom stereocenters. The van der Waals surface area contributed by atoms with Gasteiger partial charge in [0.05, 0.1) is 0 Å². The maximum absolute atomic E-state index is 5.82. The van der Waals surface area contributed by atoms with Crippen LogP contribution in [0.3, 0.4) is 0 Å². The zero-order chi connectivity index (χ0) is 10.6. The van der Waals surface area contributed by atoms with Gasteiger partial charge in [0.15, 0.2) is 0 Å². The van der Waals surface area contributed by atoms with Crippen LogP contribution in [0.15, 0.2) is 12.3 Å². The highest BCUT2D eigenvalue weighted by molar-refractivity contribution is 5.43. The van der Waals surface area contributed by atoms with Crippen LogP contribution in [-0.4, -0.2) is 18.1 Å². The molecular weight excluding hydrogens is 174 g/mol. The van der Waals surface area contributed by atoms with Gasteiger partial charge in [-0.25, -0.2) is 4.98 Å². The van der Waals surface area contributed by atoms with Gasteiger partial charge >= 0.3 is 0 Å². The van der Waals surface area contributed by atoms with Crippen molar-refractivity contribution in [1.29, 1.82) is 0 Å². The zero-order valence-corrected chi connectivity index (χ0v) is 9.17. The number of hydrogen-bond acceptors (Lipinski definition) is 3. The Bertz CT molecular complexity index is 276. The Balaban J connectivity index is 2.66. The van der Waals surface area contributed by atoms with E-state index in [0.29, 0.717) is 11.9 Å². The molecule has 0 aliphatic carbocycles. The van der Waals surface area contributed by atoms with Gasteiger partial charge in [0, 0.05) is 12.2 Å². The van der Waals surface area contributed by atoms with E-state index in [4.69, 9.17) is 5.73 Å². The van der Waals surface area contributed by atoms with Crippen molar-refractivity contribution in [2.45, 2.75) is 32.7 Å². The van der Waals surface area contributed by atoms with E-state index >= 15 is 0 Å². The van der Waals surface area contributed by atoms with Gasteiger partial charge in [-0.3, -0.25) is 0 Å². The lowest BCUT2D eigenvalue weighted by atomic mass is 10.0. The van der Waals surface area contributed by atoms with Crippen molar-refractivity contribution in [3.05, 3.63) is 23.4 Å². The predicted molar refractivity (Wildman–Crippen MR) is 60.2 cm³/mol. The second-order valence-electron chi connectivity index (χ2n) is 3.72. The number of aryl methyl sites for hydroxylation is 1. The van der Waals surface area contributed by atoms with E-state index in [2.05, 4.69) is 24.1 Å². The van der Waals surface area contributed by atoms with Crippen molar-refractivity contribution >= 4 is 5.82 Å². The highest BCUT2D eigenvalue weighted by atomic mass is 14.9. The van der Waals surface area contributed by atoms with Crippen molar-refractivity contribution in [2.75, 3.05) is 12.8 Å². The third-order valence-electron chi connectivity index (χ3n) is 2.64. The van der Waals surface area contributed by atoms with Crippen molar-refractivity contribution in [3.8, 4) is 0 Å². The lowest BCUT2D eigenvalue weighted by Gasteiger charge is -2.12. The largest absolute Gasteiger partial charge is 0.383 e. The van der Waals surface area contributed by atoms with Gasteiger partial charge in [0.25, 0.3) is 0 Å². The number of aromatic nitrogens is 1. The van der Waals surface area contributed by atoms with E-state index < -0.39 is 0 Å². The maximum Gasteiger partial charge on any atom is 0.126 e. The second kappa shape index (κ2) is 4.96. The van der Waals surface area contributed by atoms with E-state index in [0.717, 1.165) is 12.8 Å². The Labute approximate surface area is 85.7 Å². The number of hydrogen-bond donors (Lipinski definition) is 2. The third-order valence-corrected chi connectivity index (χ3v) is 2.64. The molecular formula is C11H19N3. The standard InChI is InChI=1S/C11H19N3/c1-8-6-7-14-11(12)10(8)5-4-9(2)13-3/h6-7,9,13H,4-5H2,1-3H3,(H2,12,14). The molecule has 0 aliphatic rings. The molecule has 1 rings (SSSR count). The molecule has 78 valence electrons. The lowest BCUT2D eigenvalue weighted by Crippen LogP contribution is -2.21. The molecule has 0 bridgehead atoms. The first-order valence-electron chi connectivity index (χ1n) is 5.02. The summed E-state index contributed by atoms with van der Waals surface area (Å²) >= 11 is 0. The van der Waals surface area contributed by atoms with E-state index in [1.165, 1.54) is 11.1 Å². The van der Waals surface area contributed by atoms with Gasteiger partial charge in [-0.15, -0.1) is 0 Å². The first-order valence-corrected chi connectivity index (χ1v) is 5.02. The minimum atomic E-state index is 0.522. The first kappa shape index (κ1) is 11.0. The SMILES string of the molecule is CNC(C)CCc1c(C)ccnc1N.